The first-order chi connectivity index (χ1) is 8.40. The number of nitrogens with one attached hydrogen (secondary N) is 1. The van der Waals surface area contributed by atoms with Crippen LogP contribution in [0.3, 0.4) is 0 Å². The van der Waals surface area contributed by atoms with Gasteiger partial charge in [0.15, 0.2) is 0 Å². The van der Waals surface area contributed by atoms with Crippen molar-refractivity contribution < 1.29 is 9.84 Å². The third-order valence-corrected chi connectivity index (χ3v) is 3.04. The van der Waals surface area contributed by atoms with E-state index >= 15 is 0 Å². The second kappa shape index (κ2) is 4.31. The molecule has 1 aliphatic rings. The number of rotatable bonds is 2. The van der Waals surface area contributed by atoms with Crippen LogP contribution in [-0.4, -0.2) is 52.5 Å². The summed E-state index contributed by atoms with van der Waals surface area (Å²) in [5, 5.41) is 10.4. The van der Waals surface area contributed by atoms with Crippen molar-refractivity contribution >= 4 is 16.9 Å². The van der Waals surface area contributed by atoms with E-state index in [0.717, 1.165) is 23.4 Å². The second-order valence-electron chi connectivity index (χ2n) is 4.04. The molecule has 1 aliphatic heterocycles. The molecule has 6 heteroatoms. The van der Waals surface area contributed by atoms with Crippen LogP contribution in [0.1, 0.15) is 0 Å². The van der Waals surface area contributed by atoms with Crippen LogP contribution in [0.25, 0.3) is 11.0 Å². The lowest BCUT2D eigenvalue weighted by Crippen LogP contribution is -2.48. The van der Waals surface area contributed by atoms with E-state index in [-0.39, 0.29) is 12.6 Å². The molecule has 0 radical (unpaired) electrons. The Kier molecular flexibility index (Phi) is 2.66. The third-order valence-electron chi connectivity index (χ3n) is 3.04. The predicted octanol–water partition coefficient (Wildman–Crippen LogP) is 0.155. The highest BCUT2D eigenvalue weighted by atomic mass is 16.5. The molecule has 0 aromatic carbocycles. The normalized spacial score (nSPS) is 21.0. The van der Waals surface area contributed by atoms with Crippen LogP contribution in [0.4, 0.5) is 5.82 Å². The lowest BCUT2D eigenvalue weighted by atomic mass is 10.2. The Morgan fingerprint density at radius 3 is 3.35 bits per heavy atom. The fraction of sp³-hybridized carbons (Fsp3) is 0.455. The summed E-state index contributed by atoms with van der Waals surface area (Å²) in [4.78, 5) is 13.6. The Hall–Kier alpha value is -1.66. The smallest absolute Gasteiger partial charge is 0.142 e. The highest BCUT2D eigenvalue weighted by Crippen LogP contribution is 2.24. The van der Waals surface area contributed by atoms with Gasteiger partial charge in [-0.05, 0) is 6.07 Å². The summed E-state index contributed by atoms with van der Waals surface area (Å²) in [6.07, 6.45) is 3.38. The average Bonchev–Trinajstić information content (AvgIpc) is 2.86. The number of hydrogen-bond acceptors (Lipinski definition) is 5. The molecule has 1 saturated heterocycles. The van der Waals surface area contributed by atoms with Gasteiger partial charge in [0.05, 0.1) is 31.2 Å². The molecule has 90 valence electrons. The van der Waals surface area contributed by atoms with E-state index in [1.54, 1.807) is 0 Å². The Bertz CT molecular complexity index is 513. The lowest BCUT2D eigenvalue weighted by Gasteiger charge is -2.35. The molecule has 0 bridgehead atoms. The van der Waals surface area contributed by atoms with Gasteiger partial charge in [0.1, 0.15) is 17.8 Å². The molecular weight excluding hydrogens is 220 g/mol. The zero-order valence-corrected chi connectivity index (χ0v) is 9.33. The van der Waals surface area contributed by atoms with Crippen molar-refractivity contribution in [3.63, 3.8) is 0 Å². The largest absolute Gasteiger partial charge is 0.394 e. The number of aliphatic hydroxyl groups excluding tert-OH is 1. The second-order valence-corrected chi connectivity index (χ2v) is 4.04. The Morgan fingerprint density at radius 2 is 2.47 bits per heavy atom. The highest BCUT2D eigenvalue weighted by Gasteiger charge is 2.25. The molecule has 0 spiro atoms. The van der Waals surface area contributed by atoms with Crippen LogP contribution in [0, 0.1) is 0 Å². The van der Waals surface area contributed by atoms with Crippen LogP contribution in [0.15, 0.2) is 18.6 Å². The predicted molar refractivity (Wildman–Crippen MR) is 62.9 cm³/mol. The molecule has 0 unspecified atom stereocenters. The lowest BCUT2D eigenvalue weighted by molar-refractivity contribution is 0.0724. The maximum atomic E-state index is 9.37. The van der Waals surface area contributed by atoms with Crippen LogP contribution in [-0.2, 0) is 4.74 Å². The summed E-state index contributed by atoms with van der Waals surface area (Å²) in [7, 11) is 0. The van der Waals surface area contributed by atoms with E-state index < -0.39 is 0 Å². The Labute approximate surface area is 98.2 Å². The van der Waals surface area contributed by atoms with Crippen molar-refractivity contribution in [2.75, 3.05) is 31.3 Å². The third kappa shape index (κ3) is 1.75. The molecule has 3 heterocycles. The van der Waals surface area contributed by atoms with E-state index in [9.17, 15) is 5.11 Å². The van der Waals surface area contributed by atoms with E-state index in [4.69, 9.17) is 4.74 Å². The summed E-state index contributed by atoms with van der Waals surface area (Å²) in [6.45, 7) is 2.00. The number of morpholine rings is 1. The van der Waals surface area contributed by atoms with Crippen LogP contribution in [0.5, 0.6) is 0 Å². The van der Waals surface area contributed by atoms with Crippen LogP contribution < -0.4 is 4.90 Å². The molecule has 1 atom stereocenters. The first kappa shape index (κ1) is 10.5. The van der Waals surface area contributed by atoms with E-state index in [0.29, 0.717) is 13.2 Å². The van der Waals surface area contributed by atoms with Gasteiger partial charge in [-0.15, -0.1) is 0 Å². The van der Waals surface area contributed by atoms with Gasteiger partial charge in [-0.1, -0.05) is 0 Å². The number of nitrogens with zero attached hydrogens (tertiary/aromatic N) is 3. The standard InChI is InChI=1S/C11H14N4O2/c16-5-8-6-17-4-3-15(8)11-9-1-2-12-10(9)13-7-14-11/h1-2,7-8,16H,3-6H2,(H,12,13,14)/t8-/m1/s1. The van der Waals surface area contributed by atoms with E-state index in [1.807, 2.05) is 12.3 Å². The van der Waals surface area contributed by atoms with Crippen molar-refractivity contribution in [2.45, 2.75) is 6.04 Å². The van der Waals surface area contributed by atoms with Crippen molar-refractivity contribution in [3.8, 4) is 0 Å². The van der Waals surface area contributed by atoms with Gasteiger partial charge in [0.2, 0.25) is 0 Å². The number of aromatic amines is 1. The number of fused-ring (bicyclic) bond motifs is 1. The number of H-pyrrole nitrogens is 1. The number of ether oxygens (including phenoxy) is 1. The minimum Gasteiger partial charge on any atom is -0.394 e. The van der Waals surface area contributed by atoms with Crippen molar-refractivity contribution in [3.05, 3.63) is 18.6 Å². The zero-order valence-electron chi connectivity index (χ0n) is 9.33. The van der Waals surface area contributed by atoms with E-state index in [2.05, 4.69) is 19.9 Å². The topological polar surface area (TPSA) is 74.3 Å². The van der Waals surface area contributed by atoms with E-state index in [1.165, 1.54) is 6.33 Å². The summed E-state index contributed by atoms with van der Waals surface area (Å²) in [5.41, 5.74) is 0.818. The molecule has 0 aliphatic carbocycles. The molecule has 1 fully saturated rings. The highest BCUT2D eigenvalue weighted by molar-refractivity contribution is 5.87. The van der Waals surface area contributed by atoms with Crippen molar-refractivity contribution in [1.29, 1.82) is 0 Å². The molecule has 2 aromatic heterocycles. The molecular formula is C11H14N4O2. The molecule has 2 N–H and O–H groups in total. The number of anilines is 1. The molecule has 0 saturated carbocycles. The minimum absolute atomic E-state index is 0.0308. The van der Waals surface area contributed by atoms with Gasteiger partial charge < -0.3 is 19.7 Å². The Balaban J connectivity index is 2.04. The molecule has 17 heavy (non-hydrogen) atoms. The Morgan fingerprint density at radius 1 is 1.53 bits per heavy atom. The van der Waals surface area contributed by atoms with Crippen molar-refractivity contribution in [1.82, 2.24) is 15.0 Å². The zero-order chi connectivity index (χ0) is 11.7. The maximum Gasteiger partial charge on any atom is 0.142 e. The summed E-state index contributed by atoms with van der Waals surface area (Å²) in [5.74, 6) is 0.860. The summed E-state index contributed by atoms with van der Waals surface area (Å²) >= 11 is 0. The van der Waals surface area contributed by atoms with Gasteiger partial charge in [-0.2, -0.15) is 0 Å². The number of hydrogen-bond donors (Lipinski definition) is 2. The fourth-order valence-corrected chi connectivity index (χ4v) is 2.17. The minimum atomic E-state index is -0.0308. The number of aliphatic hydroxyl groups is 1. The molecule has 0 amide bonds. The maximum absolute atomic E-state index is 9.37. The number of aromatic nitrogens is 3. The first-order valence-corrected chi connectivity index (χ1v) is 5.63. The summed E-state index contributed by atoms with van der Waals surface area (Å²) in [6, 6.07) is 1.92. The van der Waals surface area contributed by atoms with Crippen molar-refractivity contribution in [2.24, 2.45) is 0 Å². The molecule has 2 aromatic rings. The molecule has 3 rings (SSSR count). The van der Waals surface area contributed by atoms with Gasteiger partial charge in [0.25, 0.3) is 0 Å². The van der Waals surface area contributed by atoms with Gasteiger partial charge in [-0.3, -0.25) is 0 Å². The van der Waals surface area contributed by atoms with Gasteiger partial charge >= 0.3 is 0 Å². The van der Waals surface area contributed by atoms with Gasteiger partial charge in [-0.25, -0.2) is 9.97 Å². The average molecular weight is 234 g/mol. The fourth-order valence-electron chi connectivity index (χ4n) is 2.17. The molecule has 6 nitrogen and oxygen atoms in total. The first-order valence-electron chi connectivity index (χ1n) is 5.63. The quantitative estimate of drug-likeness (QED) is 0.774. The monoisotopic (exact) mass is 234 g/mol. The van der Waals surface area contributed by atoms with Gasteiger partial charge in [0, 0.05) is 12.7 Å². The van der Waals surface area contributed by atoms with Crippen LogP contribution in [0.2, 0.25) is 0 Å². The van der Waals surface area contributed by atoms with Crippen LogP contribution >= 0.6 is 0 Å². The summed E-state index contributed by atoms with van der Waals surface area (Å²) < 4.78 is 5.37. The SMILES string of the molecule is OC[C@@H]1COCCN1c1ncnc2[nH]ccc12.